The van der Waals surface area contributed by atoms with Crippen LogP contribution in [0.25, 0.3) is 12.2 Å². The lowest BCUT2D eigenvalue weighted by Crippen LogP contribution is -2.36. The van der Waals surface area contributed by atoms with E-state index in [-0.39, 0.29) is 24.0 Å². The molecule has 0 aromatic heterocycles. The van der Waals surface area contributed by atoms with Gasteiger partial charge in [-0.1, -0.05) is 92.2 Å². The lowest BCUT2D eigenvalue weighted by molar-refractivity contribution is -0.115. The van der Waals surface area contributed by atoms with Gasteiger partial charge in [0.15, 0.2) is 0 Å². The molecule has 2 atom stereocenters. The van der Waals surface area contributed by atoms with E-state index in [1.165, 1.54) is 5.56 Å². The lowest BCUT2D eigenvalue weighted by Gasteiger charge is -2.24. The number of nitrogens with zero attached hydrogens (tertiary/aromatic N) is 2. The third-order valence-electron chi connectivity index (χ3n) is 8.52. The summed E-state index contributed by atoms with van der Waals surface area (Å²) in [4.78, 5) is 29.1. The second kappa shape index (κ2) is 21.3. The maximum absolute atomic E-state index is 12.8. The van der Waals surface area contributed by atoms with Crippen LogP contribution in [0.5, 0.6) is 5.75 Å². The highest BCUT2D eigenvalue weighted by Crippen LogP contribution is 2.22. The first-order chi connectivity index (χ1) is 25.0. The smallest absolute Gasteiger partial charge is 0.251 e. The van der Waals surface area contributed by atoms with Crippen LogP contribution >= 0.6 is 0 Å². The Kier molecular flexibility index (Phi) is 16.2. The summed E-state index contributed by atoms with van der Waals surface area (Å²) in [6.45, 7) is 8.80. The SMILES string of the molecule is CC.COc1ccc(/C=C/C(=O)N(CC2CCCO2)c2ccccc2)cc1.Cc1ccc(/C=C/C(=O)N(CC2CCCO2)c2ccccc2)cc1. The van der Waals surface area contributed by atoms with E-state index in [0.717, 1.165) is 67.1 Å². The predicted octanol–water partition coefficient (Wildman–Crippen LogP) is 9.17. The quantitative estimate of drug-likeness (QED) is 0.147. The highest BCUT2D eigenvalue weighted by Gasteiger charge is 2.23. The molecule has 51 heavy (non-hydrogen) atoms. The molecule has 7 nitrogen and oxygen atoms in total. The molecule has 268 valence electrons. The van der Waals surface area contributed by atoms with Crippen molar-refractivity contribution in [2.45, 2.75) is 58.7 Å². The minimum absolute atomic E-state index is 0.0164. The van der Waals surface area contributed by atoms with Crippen LogP contribution in [-0.2, 0) is 19.1 Å². The van der Waals surface area contributed by atoms with Crippen LogP contribution in [-0.4, -0.2) is 57.4 Å². The number of aryl methyl sites for hydroxylation is 1. The monoisotopic (exact) mass is 688 g/mol. The number of carbonyl (C=O) groups is 2. The van der Waals surface area contributed by atoms with Gasteiger partial charge >= 0.3 is 0 Å². The van der Waals surface area contributed by atoms with Crippen molar-refractivity contribution in [1.29, 1.82) is 0 Å². The van der Waals surface area contributed by atoms with E-state index in [4.69, 9.17) is 14.2 Å². The Labute approximate surface area is 304 Å². The van der Waals surface area contributed by atoms with Crippen LogP contribution in [0.4, 0.5) is 11.4 Å². The second-order valence-corrected chi connectivity index (χ2v) is 12.2. The number of anilines is 2. The van der Waals surface area contributed by atoms with Crippen LogP contribution in [0.1, 0.15) is 56.2 Å². The zero-order valence-corrected chi connectivity index (χ0v) is 30.4. The average molecular weight is 689 g/mol. The Balaban J connectivity index is 0.000000218. The first-order valence-electron chi connectivity index (χ1n) is 18.0. The number of amides is 2. The van der Waals surface area contributed by atoms with E-state index in [9.17, 15) is 9.59 Å². The fourth-order valence-electron chi connectivity index (χ4n) is 5.75. The topological polar surface area (TPSA) is 68.3 Å². The fourth-order valence-corrected chi connectivity index (χ4v) is 5.75. The maximum Gasteiger partial charge on any atom is 0.251 e. The van der Waals surface area contributed by atoms with E-state index in [1.807, 2.05) is 135 Å². The van der Waals surface area contributed by atoms with Gasteiger partial charge in [-0.15, -0.1) is 0 Å². The Bertz CT molecular complexity index is 1640. The van der Waals surface area contributed by atoms with Crippen molar-refractivity contribution in [2.24, 2.45) is 0 Å². The summed E-state index contributed by atoms with van der Waals surface area (Å²) in [6.07, 6.45) is 11.3. The molecule has 2 unspecified atom stereocenters. The fraction of sp³-hybridized carbons (Fsp3) is 0.318. The molecule has 4 aromatic rings. The first-order valence-corrected chi connectivity index (χ1v) is 18.0. The lowest BCUT2D eigenvalue weighted by atomic mass is 10.1. The van der Waals surface area contributed by atoms with Gasteiger partial charge in [-0.2, -0.15) is 0 Å². The Morgan fingerprint density at radius 3 is 1.43 bits per heavy atom. The van der Waals surface area contributed by atoms with Crippen molar-refractivity contribution < 1.29 is 23.8 Å². The standard InChI is InChI=1S/C21H23NO3.C21H23NO2.C2H6/c1-24-19-12-9-17(10-13-19)11-14-21(23)22(16-20-8-5-15-25-20)18-6-3-2-4-7-18;1-17-9-11-18(12-10-17)13-14-21(23)22(16-20-8-5-15-24-20)19-6-3-2-4-7-19;1-2/h2-4,6-7,9-14,20H,5,8,15-16H2,1H3;2-4,6-7,9-14,20H,5,8,15-16H2,1H3;1-2H3/b14-11+;14-13+;. The zero-order chi connectivity index (χ0) is 36.3. The summed E-state index contributed by atoms with van der Waals surface area (Å²) < 4.78 is 16.6. The summed E-state index contributed by atoms with van der Waals surface area (Å²) in [7, 11) is 1.64. The highest BCUT2D eigenvalue weighted by molar-refractivity contribution is 6.04. The summed E-state index contributed by atoms with van der Waals surface area (Å²) in [6, 6.07) is 35.3. The van der Waals surface area contributed by atoms with Crippen LogP contribution < -0.4 is 14.5 Å². The van der Waals surface area contributed by atoms with Gasteiger partial charge in [-0.25, -0.2) is 0 Å². The molecule has 6 rings (SSSR count). The molecule has 2 heterocycles. The van der Waals surface area contributed by atoms with E-state index in [1.54, 1.807) is 29.1 Å². The van der Waals surface area contributed by atoms with Gasteiger partial charge < -0.3 is 24.0 Å². The number of ether oxygens (including phenoxy) is 3. The van der Waals surface area contributed by atoms with Crippen LogP contribution in [0, 0.1) is 6.92 Å². The molecular weight excluding hydrogens is 636 g/mol. The van der Waals surface area contributed by atoms with Crippen molar-refractivity contribution in [1.82, 2.24) is 0 Å². The van der Waals surface area contributed by atoms with Crippen molar-refractivity contribution >= 4 is 35.3 Å². The van der Waals surface area contributed by atoms with E-state index >= 15 is 0 Å². The molecule has 2 fully saturated rings. The van der Waals surface area contributed by atoms with Crippen LogP contribution in [0.3, 0.4) is 0 Å². The molecule has 7 heteroatoms. The maximum atomic E-state index is 12.8. The van der Waals surface area contributed by atoms with E-state index < -0.39 is 0 Å². The number of hydrogen-bond acceptors (Lipinski definition) is 5. The minimum atomic E-state index is -0.0440. The summed E-state index contributed by atoms with van der Waals surface area (Å²) >= 11 is 0. The van der Waals surface area contributed by atoms with Crippen molar-refractivity contribution in [3.05, 3.63) is 138 Å². The zero-order valence-electron chi connectivity index (χ0n) is 30.4. The molecule has 0 saturated carbocycles. The Morgan fingerprint density at radius 1 is 0.647 bits per heavy atom. The summed E-state index contributed by atoms with van der Waals surface area (Å²) in [5.74, 6) is 0.738. The van der Waals surface area contributed by atoms with Gasteiger partial charge in [0, 0.05) is 36.7 Å². The first kappa shape index (κ1) is 38.8. The van der Waals surface area contributed by atoms with Gasteiger partial charge in [0.2, 0.25) is 0 Å². The normalized spacial score (nSPS) is 16.5. The van der Waals surface area contributed by atoms with Gasteiger partial charge in [-0.05, 0) is 92.3 Å². The average Bonchev–Trinajstić information content (AvgIpc) is 3.92. The highest BCUT2D eigenvalue weighted by atomic mass is 16.5. The molecule has 2 saturated heterocycles. The largest absolute Gasteiger partial charge is 0.497 e. The third-order valence-corrected chi connectivity index (χ3v) is 8.52. The molecule has 0 bridgehead atoms. The molecule has 2 aliphatic rings. The second-order valence-electron chi connectivity index (χ2n) is 12.2. The van der Waals surface area contributed by atoms with Gasteiger partial charge in [0.05, 0.1) is 32.4 Å². The van der Waals surface area contributed by atoms with Gasteiger partial charge in [0.25, 0.3) is 11.8 Å². The van der Waals surface area contributed by atoms with Gasteiger partial charge in [-0.3, -0.25) is 9.59 Å². The molecule has 4 aromatic carbocycles. The van der Waals surface area contributed by atoms with Crippen LogP contribution in [0.2, 0.25) is 0 Å². The number of methoxy groups -OCH3 is 1. The van der Waals surface area contributed by atoms with Crippen molar-refractivity contribution in [3.63, 3.8) is 0 Å². The molecule has 2 amide bonds. The Hall–Kier alpha value is -4.98. The molecular formula is C44H52N2O5. The number of hydrogen-bond donors (Lipinski definition) is 0. The van der Waals surface area contributed by atoms with Gasteiger partial charge in [0.1, 0.15) is 5.75 Å². The Morgan fingerprint density at radius 2 is 1.06 bits per heavy atom. The molecule has 2 aliphatic heterocycles. The minimum Gasteiger partial charge on any atom is -0.497 e. The van der Waals surface area contributed by atoms with E-state index in [2.05, 4.69) is 6.92 Å². The summed E-state index contributed by atoms with van der Waals surface area (Å²) in [5, 5.41) is 0. The molecule has 0 radical (unpaired) electrons. The van der Waals surface area contributed by atoms with Crippen molar-refractivity contribution in [2.75, 3.05) is 43.2 Å². The van der Waals surface area contributed by atoms with E-state index in [0.29, 0.717) is 13.1 Å². The number of carbonyl (C=O) groups excluding carboxylic acids is 2. The predicted molar refractivity (Wildman–Crippen MR) is 209 cm³/mol. The number of rotatable bonds is 11. The third kappa shape index (κ3) is 12.7. The summed E-state index contributed by atoms with van der Waals surface area (Å²) in [5.41, 5.74) is 5.00. The molecule has 0 N–H and O–H groups in total. The number of benzene rings is 4. The van der Waals surface area contributed by atoms with Crippen LogP contribution in [0.15, 0.2) is 121 Å². The number of para-hydroxylation sites is 2. The molecule has 0 spiro atoms. The van der Waals surface area contributed by atoms with Crippen molar-refractivity contribution in [3.8, 4) is 5.75 Å². The molecule has 0 aliphatic carbocycles.